The minimum atomic E-state index is -0.496. The summed E-state index contributed by atoms with van der Waals surface area (Å²) in [6, 6.07) is 4.41. The molecule has 1 aromatic carbocycles. The Morgan fingerprint density at radius 2 is 1.97 bits per heavy atom. The molecule has 1 aliphatic rings. The average Bonchev–Trinajstić information content (AvgIpc) is 3.16. The van der Waals surface area contributed by atoms with Crippen molar-refractivity contribution in [3.8, 4) is 0 Å². The second-order valence-electron chi connectivity index (χ2n) is 7.18. The van der Waals surface area contributed by atoms with Crippen LogP contribution in [0.4, 0.5) is 5.69 Å². The quantitative estimate of drug-likeness (QED) is 0.359. The Bertz CT molecular complexity index is 925. The van der Waals surface area contributed by atoms with E-state index in [2.05, 4.69) is 15.6 Å². The fourth-order valence-corrected chi connectivity index (χ4v) is 5.21. The van der Waals surface area contributed by atoms with Gasteiger partial charge in [-0.05, 0) is 31.9 Å². The first-order chi connectivity index (χ1) is 14.4. The van der Waals surface area contributed by atoms with Gasteiger partial charge in [-0.3, -0.25) is 19.7 Å². The maximum absolute atomic E-state index is 12.4. The summed E-state index contributed by atoms with van der Waals surface area (Å²) < 4.78 is 0.710. The third-order valence-corrected chi connectivity index (χ3v) is 7.02. The smallest absolute Gasteiger partial charge is 0.284 e. The van der Waals surface area contributed by atoms with Crippen LogP contribution >= 0.6 is 23.1 Å². The minimum Gasteiger partial charge on any atom is -0.354 e. The zero-order valence-electron chi connectivity index (χ0n) is 16.7. The zero-order valence-corrected chi connectivity index (χ0v) is 18.3. The monoisotopic (exact) mass is 448 g/mol. The predicted molar refractivity (Wildman–Crippen MR) is 116 cm³/mol. The zero-order chi connectivity index (χ0) is 21.5. The van der Waals surface area contributed by atoms with E-state index in [0.717, 1.165) is 31.4 Å². The van der Waals surface area contributed by atoms with E-state index in [1.165, 1.54) is 35.6 Å². The molecule has 160 valence electrons. The molecule has 1 fully saturated rings. The summed E-state index contributed by atoms with van der Waals surface area (Å²) in [6.45, 7) is 2.46. The largest absolute Gasteiger partial charge is 0.354 e. The Kier molecular flexibility index (Phi) is 7.81. The molecule has 0 unspecified atom stereocenters. The molecule has 1 aromatic heterocycles. The highest BCUT2D eigenvalue weighted by molar-refractivity contribution is 8.01. The number of benzene rings is 1. The van der Waals surface area contributed by atoms with Gasteiger partial charge >= 0.3 is 0 Å². The number of rotatable bonds is 8. The Labute approximate surface area is 183 Å². The third-order valence-electron chi connectivity index (χ3n) is 4.90. The van der Waals surface area contributed by atoms with Gasteiger partial charge in [0.05, 0.1) is 9.82 Å². The van der Waals surface area contributed by atoms with Crippen molar-refractivity contribution < 1.29 is 14.5 Å². The molecule has 0 bridgehead atoms. The molecule has 0 spiro atoms. The second kappa shape index (κ2) is 10.5. The molecular weight excluding hydrogens is 424 g/mol. The minimum absolute atomic E-state index is 0.0402. The number of nitro groups is 1. The summed E-state index contributed by atoms with van der Waals surface area (Å²) in [7, 11) is 0. The van der Waals surface area contributed by atoms with Crippen LogP contribution in [0.2, 0.25) is 0 Å². The lowest BCUT2D eigenvalue weighted by atomic mass is 9.89. The summed E-state index contributed by atoms with van der Waals surface area (Å²) >= 11 is 2.63. The highest BCUT2D eigenvalue weighted by atomic mass is 32.2. The predicted octanol–water partition coefficient (Wildman–Crippen LogP) is 3.94. The Hall–Kier alpha value is -2.46. The molecule has 0 radical (unpaired) electrons. The summed E-state index contributed by atoms with van der Waals surface area (Å²) in [6.07, 6.45) is 5.21. The van der Waals surface area contributed by atoms with Crippen LogP contribution in [0.1, 0.15) is 48.2 Å². The number of hydrogen-bond acceptors (Lipinski definition) is 7. The Balaban J connectivity index is 1.54. The normalized spacial score (nSPS) is 14.3. The van der Waals surface area contributed by atoms with E-state index < -0.39 is 10.8 Å². The first-order valence-corrected chi connectivity index (χ1v) is 11.6. The van der Waals surface area contributed by atoms with Crippen LogP contribution in [-0.4, -0.2) is 34.8 Å². The van der Waals surface area contributed by atoms with E-state index in [0.29, 0.717) is 15.8 Å². The summed E-state index contributed by atoms with van der Waals surface area (Å²) in [5, 5.41) is 18.9. The van der Waals surface area contributed by atoms with Gasteiger partial charge in [0.15, 0.2) is 4.34 Å². The molecule has 2 aromatic rings. The van der Waals surface area contributed by atoms with Gasteiger partial charge in [-0.1, -0.05) is 31.0 Å². The van der Waals surface area contributed by atoms with Crippen LogP contribution in [0, 0.1) is 23.0 Å². The number of aryl methyl sites for hydroxylation is 1. The second-order valence-corrected chi connectivity index (χ2v) is 9.33. The van der Waals surface area contributed by atoms with E-state index in [1.807, 2.05) is 12.3 Å². The fraction of sp³-hybridized carbons (Fsp3) is 0.450. The number of nitrogens with zero attached hydrogens (tertiary/aromatic N) is 2. The first-order valence-electron chi connectivity index (χ1n) is 9.88. The highest BCUT2D eigenvalue weighted by Gasteiger charge is 2.21. The van der Waals surface area contributed by atoms with E-state index >= 15 is 0 Å². The lowest BCUT2D eigenvalue weighted by Crippen LogP contribution is -2.38. The van der Waals surface area contributed by atoms with Crippen molar-refractivity contribution in [1.29, 1.82) is 0 Å². The van der Waals surface area contributed by atoms with Crippen LogP contribution in [0.3, 0.4) is 0 Å². The van der Waals surface area contributed by atoms with E-state index in [4.69, 9.17) is 0 Å². The molecule has 0 saturated heterocycles. The lowest BCUT2D eigenvalue weighted by molar-refractivity contribution is -0.387. The number of carbonyl (C=O) groups excluding carboxylic acids is 2. The molecule has 8 nitrogen and oxygen atoms in total. The number of thiazole rings is 1. The van der Waals surface area contributed by atoms with Crippen molar-refractivity contribution in [3.63, 3.8) is 0 Å². The molecule has 1 saturated carbocycles. The maximum atomic E-state index is 12.4. The highest BCUT2D eigenvalue weighted by Crippen LogP contribution is 2.36. The van der Waals surface area contributed by atoms with Crippen LogP contribution in [0.25, 0.3) is 0 Å². The molecular formula is C20H24N4O4S2. The average molecular weight is 449 g/mol. The molecule has 1 heterocycles. The molecule has 2 N–H and O–H groups in total. The van der Waals surface area contributed by atoms with Gasteiger partial charge in [0.1, 0.15) is 0 Å². The van der Waals surface area contributed by atoms with Crippen molar-refractivity contribution >= 4 is 40.6 Å². The number of hydrogen-bond donors (Lipinski definition) is 2. The van der Waals surface area contributed by atoms with Crippen molar-refractivity contribution in [3.05, 3.63) is 45.0 Å². The number of carbonyl (C=O) groups is 2. The van der Waals surface area contributed by atoms with Gasteiger partial charge in [0.2, 0.25) is 5.91 Å². The lowest BCUT2D eigenvalue weighted by Gasteiger charge is -2.20. The van der Waals surface area contributed by atoms with Crippen LogP contribution in [-0.2, 0) is 4.79 Å². The molecule has 30 heavy (non-hydrogen) atoms. The topological polar surface area (TPSA) is 114 Å². The number of amides is 2. The maximum Gasteiger partial charge on any atom is 0.284 e. The first kappa shape index (κ1) is 22.2. The fourth-order valence-electron chi connectivity index (χ4n) is 3.33. The molecule has 0 aliphatic heterocycles. The van der Waals surface area contributed by atoms with Crippen LogP contribution in [0.15, 0.2) is 32.8 Å². The molecule has 1 aliphatic carbocycles. The number of nitro benzene ring substituents is 1. The molecule has 0 atom stereocenters. The standard InChI is InChI=1S/C20H24N4O4S2/c1-13-12-29-20(23-13)30-17-8-7-15(11-16(17)24(27)28)19(26)22-10-9-21-18(25)14-5-3-2-4-6-14/h7-8,11-12,14H,2-6,9-10H2,1H3,(H,21,25)(H,22,26). The van der Waals surface area contributed by atoms with Crippen molar-refractivity contribution in [2.45, 2.75) is 48.3 Å². The summed E-state index contributed by atoms with van der Waals surface area (Å²) in [5.74, 6) is -0.297. The van der Waals surface area contributed by atoms with Gasteiger partial charge in [0, 0.05) is 41.7 Å². The van der Waals surface area contributed by atoms with Crippen molar-refractivity contribution in [2.24, 2.45) is 5.92 Å². The van der Waals surface area contributed by atoms with E-state index in [-0.39, 0.29) is 29.6 Å². The van der Waals surface area contributed by atoms with Gasteiger partial charge in [-0.15, -0.1) is 11.3 Å². The van der Waals surface area contributed by atoms with Gasteiger partial charge in [0.25, 0.3) is 11.6 Å². The molecule has 3 rings (SSSR count). The molecule has 10 heteroatoms. The van der Waals surface area contributed by atoms with Crippen molar-refractivity contribution in [1.82, 2.24) is 15.6 Å². The molecule has 2 amide bonds. The summed E-state index contributed by atoms with van der Waals surface area (Å²) in [4.78, 5) is 40.2. The van der Waals surface area contributed by atoms with Gasteiger partial charge < -0.3 is 10.6 Å². The Morgan fingerprint density at radius 1 is 1.23 bits per heavy atom. The van der Waals surface area contributed by atoms with E-state index in [1.54, 1.807) is 12.1 Å². The Morgan fingerprint density at radius 3 is 2.63 bits per heavy atom. The third kappa shape index (κ3) is 6.02. The van der Waals surface area contributed by atoms with Crippen LogP contribution in [0.5, 0.6) is 0 Å². The number of nitrogens with one attached hydrogen (secondary N) is 2. The SMILES string of the molecule is Cc1csc(Sc2ccc(C(=O)NCCNC(=O)C3CCCCC3)cc2[N+](=O)[O-])n1. The summed E-state index contributed by atoms with van der Waals surface area (Å²) in [5.41, 5.74) is 0.933. The number of aromatic nitrogens is 1. The van der Waals surface area contributed by atoms with Gasteiger partial charge in [-0.2, -0.15) is 0 Å². The van der Waals surface area contributed by atoms with Gasteiger partial charge in [-0.25, -0.2) is 4.98 Å². The van der Waals surface area contributed by atoms with E-state index in [9.17, 15) is 19.7 Å². The van der Waals surface area contributed by atoms with Crippen LogP contribution < -0.4 is 10.6 Å². The van der Waals surface area contributed by atoms with Crippen molar-refractivity contribution in [2.75, 3.05) is 13.1 Å².